The first kappa shape index (κ1) is 21.0. The Hall–Kier alpha value is -4.26. The van der Waals surface area contributed by atoms with E-state index in [1.165, 1.54) is 6.33 Å². The van der Waals surface area contributed by atoms with Crippen LogP contribution in [-0.4, -0.2) is 28.4 Å². The smallest absolute Gasteiger partial charge is 0.262 e. The molecule has 1 heterocycles. The highest BCUT2D eigenvalue weighted by molar-refractivity contribution is 6.04. The highest BCUT2D eigenvalue weighted by Crippen LogP contribution is 2.21. The van der Waals surface area contributed by atoms with Crippen molar-refractivity contribution in [3.05, 3.63) is 96.3 Å². The number of benzene rings is 3. The molecule has 2 amide bonds. The molecule has 4 rings (SSSR count). The molecule has 32 heavy (non-hydrogen) atoms. The van der Waals surface area contributed by atoms with Gasteiger partial charge in [-0.05, 0) is 36.8 Å². The van der Waals surface area contributed by atoms with Gasteiger partial charge in [-0.3, -0.25) is 9.59 Å². The lowest BCUT2D eigenvalue weighted by Crippen LogP contribution is -2.28. The second-order valence-electron chi connectivity index (χ2n) is 7.18. The van der Waals surface area contributed by atoms with E-state index in [2.05, 4.69) is 20.6 Å². The van der Waals surface area contributed by atoms with Crippen LogP contribution in [0.3, 0.4) is 0 Å². The third kappa shape index (κ3) is 4.89. The van der Waals surface area contributed by atoms with E-state index in [1.54, 1.807) is 24.3 Å². The summed E-state index contributed by atoms with van der Waals surface area (Å²) in [7, 11) is 0. The molecular weight excluding hydrogens is 404 g/mol. The maximum Gasteiger partial charge on any atom is 0.262 e. The van der Waals surface area contributed by atoms with Gasteiger partial charge in [0.1, 0.15) is 6.33 Å². The van der Waals surface area contributed by atoms with Crippen molar-refractivity contribution in [2.75, 3.05) is 11.9 Å². The number of aromatic nitrogens is 2. The predicted octanol–water partition coefficient (Wildman–Crippen LogP) is 4.14. The molecule has 0 aliphatic heterocycles. The topological polar surface area (TPSA) is 93.2 Å². The Morgan fingerprint density at radius 3 is 2.47 bits per heavy atom. The molecule has 0 spiro atoms. The zero-order valence-corrected chi connectivity index (χ0v) is 17.5. The van der Waals surface area contributed by atoms with E-state index in [0.717, 1.165) is 16.5 Å². The molecule has 0 aliphatic carbocycles. The zero-order chi connectivity index (χ0) is 22.3. The van der Waals surface area contributed by atoms with Crippen LogP contribution in [0.25, 0.3) is 10.9 Å². The summed E-state index contributed by atoms with van der Waals surface area (Å²) < 4.78 is 5.61. The van der Waals surface area contributed by atoms with Gasteiger partial charge in [-0.2, -0.15) is 0 Å². The van der Waals surface area contributed by atoms with E-state index >= 15 is 0 Å². The number of hydrogen-bond donors (Lipinski definition) is 2. The van der Waals surface area contributed by atoms with E-state index in [9.17, 15) is 9.59 Å². The molecule has 4 aromatic rings. The number of nitrogens with zero attached hydrogens (tertiary/aromatic N) is 2. The second-order valence-corrected chi connectivity index (χ2v) is 7.18. The SMILES string of the molecule is C[C@H](NC(=O)c1ccccc1NC(=O)COc1ncnc2ccccc12)c1ccccc1. The minimum atomic E-state index is -0.399. The highest BCUT2D eigenvalue weighted by atomic mass is 16.5. The summed E-state index contributed by atoms with van der Waals surface area (Å²) >= 11 is 0. The Kier molecular flexibility index (Phi) is 6.36. The van der Waals surface area contributed by atoms with Crippen LogP contribution in [0.2, 0.25) is 0 Å². The molecule has 0 aliphatic rings. The van der Waals surface area contributed by atoms with Crippen molar-refractivity contribution in [1.29, 1.82) is 0 Å². The lowest BCUT2D eigenvalue weighted by Gasteiger charge is -2.16. The quantitative estimate of drug-likeness (QED) is 0.463. The van der Waals surface area contributed by atoms with Crippen LogP contribution in [0.4, 0.5) is 5.69 Å². The zero-order valence-electron chi connectivity index (χ0n) is 17.5. The molecule has 0 radical (unpaired) electrons. The van der Waals surface area contributed by atoms with Crippen LogP contribution in [0.5, 0.6) is 5.88 Å². The molecule has 0 bridgehead atoms. The number of carbonyl (C=O) groups excluding carboxylic acids is 2. The number of hydrogen-bond acceptors (Lipinski definition) is 5. The Labute approximate surface area is 185 Å². The second kappa shape index (κ2) is 9.70. The summed E-state index contributed by atoms with van der Waals surface area (Å²) in [6.45, 7) is 1.66. The summed E-state index contributed by atoms with van der Waals surface area (Å²) in [5.74, 6) is -0.350. The lowest BCUT2D eigenvalue weighted by molar-refractivity contribution is -0.118. The summed E-state index contributed by atoms with van der Waals surface area (Å²) in [4.78, 5) is 33.7. The molecule has 0 saturated heterocycles. The normalized spacial score (nSPS) is 11.5. The fourth-order valence-electron chi connectivity index (χ4n) is 3.30. The Morgan fingerprint density at radius 2 is 1.62 bits per heavy atom. The fraction of sp³-hybridized carbons (Fsp3) is 0.120. The minimum absolute atomic E-state index is 0.179. The van der Waals surface area contributed by atoms with E-state index < -0.39 is 5.91 Å². The van der Waals surface area contributed by atoms with Gasteiger partial charge in [0, 0.05) is 0 Å². The van der Waals surface area contributed by atoms with Crippen LogP contribution in [0.15, 0.2) is 85.2 Å². The van der Waals surface area contributed by atoms with Crippen molar-refractivity contribution in [1.82, 2.24) is 15.3 Å². The van der Waals surface area contributed by atoms with Gasteiger partial charge in [0.15, 0.2) is 6.61 Å². The van der Waals surface area contributed by atoms with Gasteiger partial charge in [0.2, 0.25) is 5.88 Å². The molecule has 7 nitrogen and oxygen atoms in total. The highest BCUT2D eigenvalue weighted by Gasteiger charge is 2.16. The van der Waals surface area contributed by atoms with E-state index in [1.807, 2.05) is 61.5 Å². The van der Waals surface area contributed by atoms with Gasteiger partial charge in [-0.1, -0.05) is 54.6 Å². The molecule has 1 aromatic heterocycles. The Morgan fingerprint density at radius 1 is 0.906 bits per heavy atom. The van der Waals surface area contributed by atoms with Crippen molar-refractivity contribution >= 4 is 28.4 Å². The number of anilines is 1. The Balaban J connectivity index is 1.42. The molecule has 0 fully saturated rings. The third-order valence-corrected chi connectivity index (χ3v) is 4.94. The van der Waals surface area contributed by atoms with Gasteiger partial charge < -0.3 is 15.4 Å². The Bertz CT molecular complexity index is 1240. The van der Waals surface area contributed by atoms with E-state index in [4.69, 9.17) is 4.74 Å². The first-order chi connectivity index (χ1) is 15.6. The van der Waals surface area contributed by atoms with Gasteiger partial charge in [-0.15, -0.1) is 0 Å². The minimum Gasteiger partial charge on any atom is -0.467 e. The van der Waals surface area contributed by atoms with Gasteiger partial charge in [0.05, 0.1) is 28.2 Å². The average molecular weight is 426 g/mol. The fourth-order valence-corrected chi connectivity index (χ4v) is 3.30. The molecule has 2 N–H and O–H groups in total. The molecule has 0 unspecified atom stereocenters. The summed E-state index contributed by atoms with van der Waals surface area (Å²) in [5, 5.41) is 6.44. The van der Waals surface area contributed by atoms with Crippen molar-refractivity contribution in [2.45, 2.75) is 13.0 Å². The standard InChI is InChI=1S/C25H22N4O3/c1-17(18-9-3-2-4-10-18)28-24(31)19-11-5-8-14-22(19)29-23(30)15-32-25-20-12-6-7-13-21(20)26-16-27-25/h2-14,16-17H,15H2,1H3,(H,28,31)(H,29,30)/t17-/m0/s1. The van der Waals surface area contributed by atoms with Crippen molar-refractivity contribution in [3.8, 4) is 5.88 Å². The molecule has 7 heteroatoms. The number of ether oxygens (including phenoxy) is 1. The van der Waals surface area contributed by atoms with Crippen molar-refractivity contribution in [3.63, 3.8) is 0 Å². The number of para-hydroxylation sites is 2. The van der Waals surface area contributed by atoms with Gasteiger partial charge in [0.25, 0.3) is 11.8 Å². The van der Waals surface area contributed by atoms with Crippen molar-refractivity contribution < 1.29 is 14.3 Å². The average Bonchev–Trinajstić information content (AvgIpc) is 2.83. The van der Waals surface area contributed by atoms with E-state index in [-0.39, 0.29) is 18.6 Å². The maximum absolute atomic E-state index is 12.8. The van der Waals surface area contributed by atoms with E-state index in [0.29, 0.717) is 17.1 Å². The molecule has 160 valence electrons. The number of nitrogens with one attached hydrogen (secondary N) is 2. The van der Waals surface area contributed by atoms with Crippen molar-refractivity contribution in [2.24, 2.45) is 0 Å². The van der Waals surface area contributed by atoms with Crippen LogP contribution in [0.1, 0.15) is 28.9 Å². The first-order valence-corrected chi connectivity index (χ1v) is 10.2. The largest absolute Gasteiger partial charge is 0.467 e. The molecule has 1 atom stereocenters. The molecule has 3 aromatic carbocycles. The van der Waals surface area contributed by atoms with Crippen LogP contribution >= 0.6 is 0 Å². The van der Waals surface area contributed by atoms with Crippen LogP contribution in [0, 0.1) is 0 Å². The predicted molar refractivity (Wildman–Crippen MR) is 122 cm³/mol. The molecular formula is C25H22N4O3. The lowest BCUT2D eigenvalue weighted by atomic mass is 10.1. The summed E-state index contributed by atoms with van der Waals surface area (Å²) in [5.41, 5.74) is 2.50. The first-order valence-electron chi connectivity index (χ1n) is 10.2. The van der Waals surface area contributed by atoms with Gasteiger partial charge >= 0.3 is 0 Å². The number of rotatable bonds is 7. The van der Waals surface area contributed by atoms with Crippen LogP contribution in [-0.2, 0) is 4.79 Å². The monoisotopic (exact) mass is 426 g/mol. The number of amides is 2. The maximum atomic E-state index is 12.8. The third-order valence-electron chi connectivity index (χ3n) is 4.94. The summed E-state index contributed by atoms with van der Waals surface area (Å²) in [6.07, 6.45) is 1.39. The number of fused-ring (bicyclic) bond motifs is 1. The van der Waals surface area contributed by atoms with Crippen LogP contribution < -0.4 is 15.4 Å². The van der Waals surface area contributed by atoms with Gasteiger partial charge in [-0.25, -0.2) is 9.97 Å². The number of carbonyl (C=O) groups is 2. The summed E-state index contributed by atoms with van der Waals surface area (Å²) in [6, 6.07) is 23.7. The molecule has 0 saturated carbocycles.